The quantitative estimate of drug-likeness (QED) is 0.0527. The van der Waals surface area contributed by atoms with Crippen LogP contribution in [-0.2, 0) is 34.8 Å². The molecule has 1 fully saturated rings. The number of rotatable bonds is 16. The maximum atomic E-state index is 14.0. The molecule has 3 heterocycles. The molecule has 0 aliphatic carbocycles. The monoisotopic (exact) mass is 896 g/mol. The SMILES string of the molecule is O=C(NCc1ccc(-c2cccc([C@](O)(C(=O)OCC3CCN(Cc4ccccc4)CC3)c3ccccc3)c2)s1)c1ccc(CNC[C@H](O)c2ccc(O)c3[nH]c(=O)ccc23)cc1Cl. The van der Waals surface area contributed by atoms with E-state index in [2.05, 4.69) is 44.8 Å². The van der Waals surface area contributed by atoms with Crippen LogP contribution in [0.2, 0.25) is 5.02 Å². The number of phenolic OH excluding ortho intramolecular Hbond substituents is 1. The first-order valence-electron chi connectivity index (χ1n) is 21.3. The van der Waals surface area contributed by atoms with Crippen molar-refractivity contribution in [2.45, 2.75) is 44.2 Å². The van der Waals surface area contributed by atoms with E-state index < -0.39 is 17.7 Å². The van der Waals surface area contributed by atoms with Crippen molar-refractivity contribution in [1.82, 2.24) is 20.5 Å². The van der Waals surface area contributed by atoms with E-state index in [1.54, 1.807) is 60.7 Å². The maximum Gasteiger partial charge on any atom is 0.347 e. The summed E-state index contributed by atoms with van der Waals surface area (Å²) in [6.45, 7) is 3.76. The standard InChI is InChI=1S/C51H49ClN4O7S/c52-43-26-35(28-53-30-45(58)40-17-19-44(57)48-41(40)18-21-47(59)55-48)14-16-42(43)49(60)54-29-39-15-20-46(64-39)36-10-7-13-38(27-36)51(62,37-11-5-2-6-12-37)50(61)63-32-34-22-24-56(25-23-34)31-33-8-3-1-4-9-33/h1-21,26-27,34,45,53,57-58,62H,22-25,28-32H2,(H,54,60)(H,55,59)/t45-,51-/m0/s1. The highest BCUT2D eigenvalue weighted by Crippen LogP contribution is 2.36. The minimum absolute atomic E-state index is 0.0795. The number of carbonyl (C=O) groups excluding carboxylic acids is 2. The number of aliphatic hydroxyl groups excluding tert-OH is 1. The summed E-state index contributed by atoms with van der Waals surface area (Å²) in [6, 6.07) is 41.6. The highest BCUT2D eigenvalue weighted by atomic mass is 35.5. The molecule has 0 spiro atoms. The Morgan fingerprint density at radius 2 is 1.59 bits per heavy atom. The van der Waals surface area contributed by atoms with Gasteiger partial charge in [0, 0.05) is 46.4 Å². The van der Waals surface area contributed by atoms with Crippen LogP contribution in [0.3, 0.4) is 0 Å². The van der Waals surface area contributed by atoms with E-state index in [4.69, 9.17) is 16.3 Å². The van der Waals surface area contributed by atoms with Crippen LogP contribution < -0.4 is 16.2 Å². The minimum atomic E-state index is -2.03. The molecule has 0 unspecified atom stereocenters. The van der Waals surface area contributed by atoms with E-state index in [0.29, 0.717) is 34.2 Å². The van der Waals surface area contributed by atoms with Gasteiger partial charge in [-0.1, -0.05) is 103 Å². The van der Waals surface area contributed by atoms with Gasteiger partial charge in [0.15, 0.2) is 0 Å². The number of halogens is 1. The first-order valence-corrected chi connectivity index (χ1v) is 22.5. The van der Waals surface area contributed by atoms with Gasteiger partial charge in [0.05, 0.1) is 35.4 Å². The molecule has 0 saturated carbocycles. The van der Waals surface area contributed by atoms with Crippen LogP contribution in [0, 0.1) is 5.92 Å². The summed E-state index contributed by atoms with van der Waals surface area (Å²) in [5.74, 6) is -0.921. The van der Waals surface area contributed by atoms with Gasteiger partial charge in [0.2, 0.25) is 11.2 Å². The third kappa shape index (κ3) is 10.3. The first-order chi connectivity index (χ1) is 31.0. The summed E-state index contributed by atoms with van der Waals surface area (Å²) in [6.07, 6.45) is 0.882. The number of aliphatic hydroxyl groups is 2. The summed E-state index contributed by atoms with van der Waals surface area (Å²) >= 11 is 8.07. The van der Waals surface area contributed by atoms with E-state index in [1.807, 2.05) is 42.5 Å². The number of benzene rings is 5. The van der Waals surface area contributed by atoms with E-state index in [9.17, 15) is 29.7 Å². The van der Waals surface area contributed by atoms with E-state index in [-0.39, 0.29) is 53.4 Å². The molecule has 1 aliphatic heterocycles. The first kappa shape index (κ1) is 44.5. The largest absolute Gasteiger partial charge is 0.506 e. The van der Waals surface area contributed by atoms with Gasteiger partial charge in [0.1, 0.15) is 5.75 Å². The van der Waals surface area contributed by atoms with Gasteiger partial charge >= 0.3 is 5.97 Å². The average molecular weight is 897 g/mol. The van der Waals surface area contributed by atoms with Gasteiger partial charge in [-0.05, 0) is 102 Å². The number of nitrogens with one attached hydrogen (secondary N) is 3. The number of pyridine rings is 1. The van der Waals surface area contributed by atoms with Crippen LogP contribution in [0.5, 0.6) is 5.75 Å². The Kier molecular flexibility index (Phi) is 14.0. The number of ether oxygens (including phenoxy) is 1. The molecule has 1 saturated heterocycles. The molecule has 6 N–H and O–H groups in total. The fourth-order valence-corrected chi connectivity index (χ4v) is 9.42. The second-order valence-corrected chi connectivity index (χ2v) is 17.7. The molecule has 5 aromatic carbocycles. The molecule has 2 atom stereocenters. The number of thiophene rings is 1. The molecule has 1 aliphatic rings. The molecule has 1 amide bonds. The number of nitrogens with zero attached hydrogens (tertiary/aromatic N) is 1. The Balaban J connectivity index is 0.862. The molecule has 11 nitrogen and oxygen atoms in total. The lowest BCUT2D eigenvalue weighted by Crippen LogP contribution is -2.40. The van der Waals surface area contributed by atoms with Crippen LogP contribution in [0.15, 0.2) is 144 Å². The molecule has 0 radical (unpaired) electrons. The van der Waals surface area contributed by atoms with Crippen molar-refractivity contribution in [3.05, 3.63) is 193 Å². The normalized spacial score (nSPS) is 14.8. The topological polar surface area (TPSA) is 164 Å². The smallest absolute Gasteiger partial charge is 0.347 e. The number of likely N-dealkylation sites (tertiary alicyclic amines) is 1. The van der Waals surface area contributed by atoms with Gasteiger partial charge in [-0.2, -0.15) is 0 Å². The van der Waals surface area contributed by atoms with E-state index in [1.165, 1.54) is 29.0 Å². The van der Waals surface area contributed by atoms with Crippen LogP contribution in [0.4, 0.5) is 0 Å². The van der Waals surface area contributed by atoms with Crippen molar-refractivity contribution < 1.29 is 29.6 Å². The van der Waals surface area contributed by atoms with E-state index >= 15 is 0 Å². The number of hydrogen-bond donors (Lipinski definition) is 6. The Bertz CT molecular complexity index is 2790. The minimum Gasteiger partial charge on any atom is -0.506 e. The van der Waals surface area contributed by atoms with Crippen LogP contribution >= 0.6 is 22.9 Å². The molecule has 13 heteroatoms. The Hall–Kier alpha value is -6.12. The predicted octanol–water partition coefficient (Wildman–Crippen LogP) is 8.06. The van der Waals surface area contributed by atoms with Gasteiger partial charge in [-0.25, -0.2) is 4.79 Å². The molecule has 64 heavy (non-hydrogen) atoms. The molecule has 2 aromatic heterocycles. The molecule has 328 valence electrons. The third-order valence-electron chi connectivity index (χ3n) is 11.8. The number of aromatic nitrogens is 1. The summed E-state index contributed by atoms with van der Waals surface area (Å²) in [4.78, 5) is 45.8. The van der Waals surface area contributed by atoms with Crippen molar-refractivity contribution in [1.29, 1.82) is 0 Å². The van der Waals surface area contributed by atoms with Gasteiger partial charge in [0.25, 0.3) is 5.91 Å². The number of aromatic hydroxyl groups is 1. The highest BCUT2D eigenvalue weighted by molar-refractivity contribution is 7.15. The fourth-order valence-electron chi connectivity index (χ4n) is 8.19. The summed E-state index contributed by atoms with van der Waals surface area (Å²) < 4.78 is 5.94. The van der Waals surface area contributed by atoms with Gasteiger partial charge in [-0.3, -0.25) is 14.5 Å². The second kappa shape index (κ2) is 20.2. The zero-order valence-corrected chi connectivity index (χ0v) is 36.6. The number of carbonyl (C=O) groups is 2. The number of hydrogen-bond acceptors (Lipinski definition) is 10. The van der Waals surface area contributed by atoms with Crippen molar-refractivity contribution in [3.8, 4) is 16.2 Å². The fraction of sp³-hybridized carbons (Fsp3) is 0.235. The molecule has 0 bridgehead atoms. The molecule has 7 aromatic rings. The Morgan fingerprint density at radius 3 is 2.36 bits per heavy atom. The number of phenols is 1. The molecular weight excluding hydrogens is 848 g/mol. The zero-order valence-electron chi connectivity index (χ0n) is 35.0. The van der Waals surface area contributed by atoms with Crippen molar-refractivity contribution in [3.63, 3.8) is 0 Å². The third-order valence-corrected chi connectivity index (χ3v) is 13.2. The summed E-state index contributed by atoms with van der Waals surface area (Å²) in [7, 11) is 0. The lowest BCUT2D eigenvalue weighted by molar-refractivity contribution is -0.164. The predicted molar refractivity (Wildman–Crippen MR) is 250 cm³/mol. The second-order valence-electron chi connectivity index (χ2n) is 16.2. The summed E-state index contributed by atoms with van der Waals surface area (Å²) in [5, 5.41) is 40.4. The van der Waals surface area contributed by atoms with Crippen molar-refractivity contribution in [2.75, 3.05) is 26.2 Å². The number of esters is 1. The number of H-pyrrole nitrogens is 1. The molecular formula is C51H49ClN4O7S. The van der Waals surface area contributed by atoms with Crippen LogP contribution in [0.1, 0.15) is 62.0 Å². The number of piperidine rings is 1. The van der Waals surface area contributed by atoms with E-state index in [0.717, 1.165) is 53.4 Å². The van der Waals surface area contributed by atoms with Gasteiger partial charge < -0.3 is 35.7 Å². The van der Waals surface area contributed by atoms with Crippen molar-refractivity contribution >= 4 is 45.7 Å². The number of amides is 1. The Labute approximate surface area is 380 Å². The lowest BCUT2D eigenvalue weighted by atomic mass is 9.85. The number of aromatic amines is 1. The lowest BCUT2D eigenvalue weighted by Gasteiger charge is -2.33. The highest BCUT2D eigenvalue weighted by Gasteiger charge is 2.42. The van der Waals surface area contributed by atoms with Crippen LogP contribution in [-0.4, -0.2) is 63.3 Å². The average Bonchev–Trinajstić information content (AvgIpc) is 3.80. The maximum absolute atomic E-state index is 14.0. The van der Waals surface area contributed by atoms with Crippen LogP contribution in [0.25, 0.3) is 21.3 Å². The summed E-state index contributed by atoms with van der Waals surface area (Å²) in [5.41, 5.74) is 2.47. The zero-order chi connectivity index (χ0) is 44.6. The van der Waals surface area contributed by atoms with Crippen molar-refractivity contribution in [2.24, 2.45) is 5.92 Å². The Morgan fingerprint density at radius 1 is 0.844 bits per heavy atom. The van der Waals surface area contributed by atoms with Gasteiger partial charge in [-0.15, -0.1) is 11.3 Å². The molecule has 8 rings (SSSR count). The number of fused-ring (bicyclic) bond motifs is 1.